The van der Waals surface area contributed by atoms with Crippen molar-refractivity contribution < 1.29 is 14.3 Å². The summed E-state index contributed by atoms with van der Waals surface area (Å²) in [6, 6.07) is 0. The van der Waals surface area contributed by atoms with E-state index in [1.165, 1.54) is 13.8 Å². The summed E-state index contributed by atoms with van der Waals surface area (Å²) in [5.74, 6) is -0.382. The SMILES string of the molecule is CC1(C)O[11C](=O)NC1=O. The summed E-state index contributed by atoms with van der Waals surface area (Å²) >= 11 is 0. The molecule has 1 N–H and O–H groups in total. The maximum Gasteiger partial charge on any atom is 0.415 e. The summed E-state index contributed by atoms with van der Waals surface area (Å²) in [5, 5.41) is 2.01. The van der Waals surface area contributed by atoms with Gasteiger partial charge in [0.25, 0.3) is 5.91 Å². The number of alkyl carbamates (subject to hydrolysis) is 1. The van der Waals surface area contributed by atoms with Crippen molar-refractivity contribution in [3.63, 3.8) is 0 Å². The number of rotatable bonds is 0. The normalized spacial score (nSPS) is 23.3. The van der Waals surface area contributed by atoms with Gasteiger partial charge in [0.05, 0.1) is 0 Å². The first-order chi connectivity index (χ1) is 4.02. The van der Waals surface area contributed by atoms with Gasteiger partial charge in [-0.1, -0.05) is 0 Å². The van der Waals surface area contributed by atoms with Crippen LogP contribution in [0.3, 0.4) is 0 Å². The van der Waals surface area contributed by atoms with Gasteiger partial charge in [0, 0.05) is 0 Å². The molecule has 1 fully saturated rings. The highest BCUT2D eigenvalue weighted by Crippen LogP contribution is 2.14. The highest BCUT2D eigenvalue weighted by atomic mass is 16.5. The number of nitrogens with one attached hydrogen (secondary N) is 1. The molecule has 0 radical (unpaired) electrons. The van der Waals surface area contributed by atoms with E-state index in [9.17, 15) is 9.59 Å². The smallest absolute Gasteiger partial charge is 0.415 e. The Morgan fingerprint density at radius 1 is 1.44 bits per heavy atom. The second-order valence-electron chi connectivity index (χ2n) is 2.35. The third kappa shape index (κ3) is 0.872. The van der Waals surface area contributed by atoms with Crippen LogP contribution in [0.5, 0.6) is 0 Å². The highest BCUT2D eigenvalue weighted by Gasteiger charge is 2.39. The molecule has 1 rings (SSSR count). The Kier molecular flexibility index (Phi) is 0.986. The van der Waals surface area contributed by atoms with Crippen LogP contribution >= 0.6 is 0 Å². The number of carbonyl (C=O) groups is 2. The fraction of sp³-hybridized carbons (Fsp3) is 0.600. The Hall–Kier alpha value is -1.06. The quantitative estimate of drug-likeness (QED) is 0.500. The van der Waals surface area contributed by atoms with Gasteiger partial charge in [-0.2, -0.15) is 0 Å². The summed E-state index contributed by atoms with van der Waals surface area (Å²) in [5.41, 5.74) is -0.975. The molecule has 0 bridgehead atoms. The van der Waals surface area contributed by atoms with E-state index in [-0.39, 0.29) is 5.91 Å². The van der Waals surface area contributed by atoms with Gasteiger partial charge in [0.1, 0.15) is 0 Å². The van der Waals surface area contributed by atoms with Crippen molar-refractivity contribution in [2.75, 3.05) is 0 Å². The van der Waals surface area contributed by atoms with Crippen molar-refractivity contribution in [1.82, 2.24) is 5.32 Å². The lowest BCUT2D eigenvalue weighted by Crippen LogP contribution is -2.32. The van der Waals surface area contributed by atoms with Gasteiger partial charge in [-0.05, 0) is 13.8 Å². The largest absolute Gasteiger partial charge is 0.433 e. The van der Waals surface area contributed by atoms with Gasteiger partial charge in [-0.25, -0.2) is 4.79 Å². The van der Waals surface area contributed by atoms with Crippen LogP contribution in [0.1, 0.15) is 13.8 Å². The molecule has 0 saturated carbocycles. The first kappa shape index (κ1) is 6.07. The topological polar surface area (TPSA) is 55.4 Å². The summed E-state index contributed by atoms with van der Waals surface area (Å²) in [6.07, 6.45) is -0.662. The van der Waals surface area contributed by atoms with Gasteiger partial charge in [-0.3, -0.25) is 10.1 Å². The van der Waals surface area contributed by atoms with Crippen molar-refractivity contribution in [3.8, 4) is 0 Å². The minimum Gasteiger partial charge on any atom is -0.433 e. The third-order valence-electron chi connectivity index (χ3n) is 1.11. The number of hydrogen-bond donors (Lipinski definition) is 1. The van der Waals surface area contributed by atoms with Gasteiger partial charge < -0.3 is 4.74 Å². The number of carbonyl (C=O) groups excluding carboxylic acids is 2. The molecular formula is C5H7NO3. The zero-order valence-electron chi connectivity index (χ0n) is 5.22. The molecule has 50 valence electrons. The molecule has 1 saturated heterocycles. The van der Waals surface area contributed by atoms with Crippen molar-refractivity contribution in [2.45, 2.75) is 19.4 Å². The van der Waals surface area contributed by atoms with Crippen LogP contribution in [0, 0.1) is 0 Å². The monoisotopic (exact) mass is 128 g/mol. The molecule has 0 aromatic rings. The molecule has 0 spiro atoms. The predicted molar refractivity (Wildman–Crippen MR) is 28.7 cm³/mol. The molecule has 2 amide bonds. The van der Waals surface area contributed by atoms with Crippen LogP contribution in [-0.4, -0.2) is 17.6 Å². The minimum atomic E-state index is -0.975. The summed E-state index contributed by atoms with van der Waals surface area (Å²) in [4.78, 5) is 21.0. The van der Waals surface area contributed by atoms with E-state index in [2.05, 4.69) is 4.74 Å². The molecule has 1 heterocycles. The standard InChI is InChI=1S/C5H7NO3/c1-5(2)3(7)6-4(8)9-5/h1-2H3,(H,6,7,8)/i4-1. The Bertz CT molecular complexity index is 173. The minimum absolute atomic E-state index is 0.382. The molecule has 0 aliphatic carbocycles. The first-order valence-corrected chi connectivity index (χ1v) is 2.57. The lowest BCUT2D eigenvalue weighted by Gasteiger charge is -2.09. The fourth-order valence-electron chi connectivity index (χ4n) is 0.547. The van der Waals surface area contributed by atoms with Crippen LogP contribution in [0.25, 0.3) is 0 Å². The summed E-state index contributed by atoms with van der Waals surface area (Å²) in [7, 11) is 0. The molecular weight excluding hydrogens is 121 g/mol. The second kappa shape index (κ2) is 1.46. The van der Waals surface area contributed by atoms with Crippen LogP contribution in [0.15, 0.2) is 0 Å². The van der Waals surface area contributed by atoms with E-state index in [0.717, 1.165) is 0 Å². The van der Waals surface area contributed by atoms with E-state index in [4.69, 9.17) is 0 Å². The molecule has 4 heteroatoms. The highest BCUT2D eigenvalue weighted by molar-refractivity contribution is 6.02. The summed E-state index contributed by atoms with van der Waals surface area (Å²) in [6.45, 7) is 3.07. The number of amides is 2. The van der Waals surface area contributed by atoms with Crippen molar-refractivity contribution in [3.05, 3.63) is 0 Å². The second-order valence-corrected chi connectivity index (χ2v) is 2.35. The van der Waals surface area contributed by atoms with E-state index < -0.39 is 11.7 Å². The van der Waals surface area contributed by atoms with E-state index >= 15 is 0 Å². The maximum absolute atomic E-state index is 10.6. The molecule has 0 aromatic heterocycles. The molecule has 9 heavy (non-hydrogen) atoms. The van der Waals surface area contributed by atoms with Gasteiger partial charge in [-0.15, -0.1) is 0 Å². The van der Waals surface area contributed by atoms with Crippen LogP contribution in [0.4, 0.5) is 4.79 Å². The predicted octanol–water partition coefficient (Wildman–Crippen LogP) is 0.0314. The van der Waals surface area contributed by atoms with E-state index in [1.54, 1.807) is 0 Å². The summed E-state index contributed by atoms with van der Waals surface area (Å²) < 4.78 is 4.56. The van der Waals surface area contributed by atoms with E-state index in [0.29, 0.717) is 0 Å². The van der Waals surface area contributed by atoms with Crippen LogP contribution in [0.2, 0.25) is 0 Å². The lowest BCUT2D eigenvalue weighted by atomic mass is 10.1. The number of ether oxygens (including phenoxy) is 1. The number of hydrogen-bond acceptors (Lipinski definition) is 3. The zero-order valence-corrected chi connectivity index (χ0v) is 5.22. The average Bonchev–Trinajstić information content (AvgIpc) is 1.79. The Morgan fingerprint density at radius 3 is 2.11 bits per heavy atom. The van der Waals surface area contributed by atoms with Crippen molar-refractivity contribution in [1.29, 1.82) is 0 Å². The van der Waals surface area contributed by atoms with Gasteiger partial charge >= 0.3 is 6.09 Å². The molecule has 0 atom stereocenters. The average molecular weight is 128 g/mol. The number of imide groups is 1. The molecule has 4 nitrogen and oxygen atoms in total. The first-order valence-electron chi connectivity index (χ1n) is 2.57. The number of cyclic esters (lactones) is 1. The van der Waals surface area contributed by atoms with Crippen molar-refractivity contribution >= 4 is 12.0 Å². The molecule has 1 aliphatic rings. The fourth-order valence-corrected chi connectivity index (χ4v) is 0.547. The molecule has 0 unspecified atom stereocenters. The van der Waals surface area contributed by atoms with E-state index in [1.807, 2.05) is 5.32 Å². The Balaban J connectivity index is 2.81. The molecule has 1 aliphatic heterocycles. The Morgan fingerprint density at radius 2 is 2.00 bits per heavy atom. The maximum atomic E-state index is 10.6. The van der Waals surface area contributed by atoms with Gasteiger partial charge in [0.15, 0.2) is 5.60 Å². The zero-order chi connectivity index (χ0) is 7.07. The molecule has 0 aromatic carbocycles. The lowest BCUT2D eigenvalue weighted by molar-refractivity contribution is -0.128. The van der Waals surface area contributed by atoms with Crippen LogP contribution in [-0.2, 0) is 9.53 Å². The third-order valence-corrected chi connectivity index (χ3v) is 1.11. The van der Waals surface area contributed by atoms with Crippen molar-refractivity contribution in [2.24, 2.45) is 0 Å². The Labute approximate surface area is 52.2 Å². The van der Waals surface area contributed by atoms with Crippen LogP contribution < -0.4 is 5.32 Å². The van der Waals surface area contributed by atoms with Gasteiger partial charge in [0.2, 0.25) is 0 Å².